The predicted octanol–water partition coefficient (Wildman–Crippen LogP) is 2.22. The Labute approximate surface area is 108 Å². The monoisotopic (exact) mass is 250 g/mol. The van der Waals surface area contributed by atoms with Crippen LogP contribution in [-0.2, 0) is 5.41 Å². The van der Waals surface area contributed by atoms with E-state index in [1.807, 2.05) is 19.9 Å². The highest BCUT2D eigenvalue weighted by Gasteiger charge is 2.46. The van der Waals surface area contributed by atoms with Crippen molar-refractivity contribution < 1.29 is 10.2 Å². The number of hydrogen-bond donors (Lipinski definition) is 4. The maximum absolute atomic E-state index is 10.1. The van der Waals surface area contributed by atoms with Crippen LogP contribution in [0.15, 0.2) is 6.07 Å². The van der Waals surface area contributed by atoms with E-state index in [1.54, 1.807) is 6.92 Å². The van der Waals surface area contributed by atoms with Gasteiger partial charge in [-0.05, 0) is 38.0 Å². The van der Waals surface area contributed by atoms with Crippen molar-refractivity contribution in [3.8, 4) is 11.5 Å². The zero-order chi connectivity index (χ0) is 13.9. The quantitative estimate of drug-likeness (QED) is 0.532. The minimum atomic E-state index is -0.352. The van der Waals surface area contributed by atoms with Crippen molar-refractivity contribution in [3.05, 3.63) is 17.2 Å². The summed E-state index contributed by atoms with van der Waals surface area (Å²) in [7, 11) is 0. The number of fused-ring (bicyclic) bond motifs is 1. The van der Waals surface area contributed by atoms with Crippen LogP contribution in [-0.4, -0.2) is 21.8 Å². The summed E-state index contributed by atoms with van der Waals surface area (Å²) in [5.41, 5.74) is 7.91. The number of nitrogens with two attached hydrogens (primary N) is 1. The van der Waals surface area contributed by atoms with Gasteiger partial charge in [-0.25, -0.2) is 0 Å². The Kier molecular flexibility index (Phi) is 2.56. The summed E-state index contributed by atoms with van der Waals surface area (Å²) in [6.45, 7) is 9.90. The number of nitrogens with one attached hydrogen (secondary N) is 1. The topological polar surface area (TPSA) is 78.5 Å². The van der Waals surface area contributed by atoms with E-state index in [2.05, 4.69) is 19.2 Å². The van der Waals surface area contributed by atoms with E-state index in [4.69, 9.17) is 5.73 Å². The number of aromatic hydroxyl groups is 2. The Morgan fingerprint density at radius 3 is 2.28 bits per heavy atom. The van der Waals surface area contributed by atoms with E-state index in [0.29, 0.717) is 11.3 Å². The summed E-state index contributed by atoms with van der Waals surface area (Å²) < 4.78 is 0. The normalized spacial score (nSPS) is 24.2. The number of phenolic OH excluding ortho intramolecular Hbond substituents is 2. The first-order chi connectivity index (χ1) is 8.09. The molecule has 0 aromatic heterocycles. The van der Waals surface area contributed by atoms with Crippen molar-refractivity contribution in [2.24, 2.45) is 5.73 Å². The molecule has 4 nitrogen and oxygen atoms in total. The van der Waals surface area contributed by atoms with Crippen molar-refractivity contribution in [2.75, 3.05) is 5.32 Å². The molecule has 0 amide bonds. The van der Waals surface area contributed by atoms with Gasteiger partial charge in [0.2, 0.25) is 0 Å². The van der Waals surface area contributed by atoms with E-state index in [9.17, 15) is 10.2 Å². The Balaban J connectivity index is 2.75. The molecule has 2 rings (SSSR count). The van der Waals surface area contributed by atoms with Gasteiger partial charge in [-0.15, -0.1) is 0 Å². The molecule has 5 N–H and O–H groups in total. The smallest absolute Gasteiger partial charge is 0.181 e. The summed E-state index contributed by atoms with van der Waals surface area (Å²) in [5, 5.41) is 23.2. The number of benzene rings is 1. The highest BCUT2D eigenvalue weighted by atomic mass is 16.3. The average molecular weight is 250 g/mol. The Morgan fingerprint density at radius 2 is 1.72 bits per heavy atom. The van der Waals surface area contributed by atoms with Crippen LogP contribution in [0.3, 0.4) is 0 Å². The van der Waals surface area contributed by atoms with Gasteiger partial charge in [-0.3, -0.25) is 0 Å². The fourth-order valence-electron chi connectivity index (χ4n) is 2.89. The Hall–Kier alpha value is -1.42. The maximum Gasteiger partial charge on any atom is 0.181 e. The third kappa shape index (κ3) is 1.56. The van der Waals surface area contributed by atoms with Crippen LogP contribution in [0.1, 0.15) is 38.8 Å². The number of aryl methyl sites for hydroxylation is 1. The Bertz CT molecular complexity index is 507. The predicted molar refractivity (Wildman–Crippen MR) is 73.2 cm³/mol. The fraction of sp³-hybridized carbons (Fsp3) is 0.571. The zero-order valence-corrected chi connectivity index (χ0v) is 11.6. The van der Waals surface area contributed by atoms with Gasteiger partial charge >= 0.3 is 0 Å². The molecular formula is C14H22N2O2. The third-order valence-corrected chi connectivity index (χ3v) is 4.16. The maximum atomic E-state index is 10.1. The van der Waals surface area contributed by atoms with Crippen molar-refractivity contribution in [3.63, 3.8) is 0 Å². The summed E-state index contributed by atoms with van der Waals surface area (Å²) >= 11 is 0. The summed E-state index contributed by atoms with van der Waals surface area (Å²) in [6, 6.07) is 1.80. The largest absolute Gasteiger partial charge is 0.504 e. The number of anilines is 1. The minimum absolute atomic E-state index is 0.0664. The van der Waals surface area contributed by atoms with E-state index < -0.39 is 0 Å². The molecule has 1 aliphatic heterocycles. The molecule has 0 fully saturated rings. The van der Waals surface area contributed by atoms with Gasteiger partial charge in [0.1, 0.15) is 0 Å². The fourth-order valence-corrected chi connectivity index (χ4v) is 2.89. The molecule has 4 heteroatoms. The average Bonchev–Trinajstić information content (AvgIpc) is 2.26. The van der Waals surface area contributed by atoms with Crippen LogP contribution in [0.4, 0.5) is 5.69 Å². The molecule has 0 radical (unpaired) electrons. The first-order valence-electron chi connectivity index (χ1n) is 6.19. The molecule has 0 unspecified atom stereocenters. The number of rotatable bonds is 0. The van der Waals surface area contributed by atoms with E-state index >= 15 is 0 Å². The second kappa shape index (κ2) is 3.54. The van der Waals surface area contributed by atoms with Gasteiger partial charge in [0.15, 0.2) is 11.5 Å². The van der Waals surface area contributed by atoms with Crippen LogP contribution < -0.4 is 11.1 Å². The van der Waals surface area contributed by atoms with Gasteiger partial charge < -0.3 is 21.3 Å². The van der Waals surface area contributed by atoms with E-state index in [1.165, 1.54) is 0 Å². The minimum Gasteiger partial charge on any atom is -0.504 e. The molecule has 0 saturated heterocycles. The van der Waals surface area contributed by atoms with Crippen LogP contribution >= 0.6 is 0 Å². The second-order valence-electron chi connectivity index (χ2n) is 6.36. The molecule has 1 aromatic rings. The highest BCUT2D eigenvalue weighted by Crippen LogP contribution is 2.49. The van der Waals surface area contributed by atoms with Crippen LogP contribution in [0.5, 0.6) is 11.5 Å². The lowest BCUT2D eigenvalue weighted by Crippen LogP contribution is -2.61. The van der Waals surface area contributed by atoms with Gasteiger partial charge in [-0.1, -0.05) is 13.8 Å². The molecule has 0 bridgehead atoms. The third-order valence-electron chi connectivity index (χ3n) is 4.16. The second-order valence-corrected chi connectivity index (χ2v) is 6.36. The molecule has 0 saturated carbocycles. The standard InChI is InChI=1S/C14H22N2O2/c1-7-6-8-9(11(18)10(7)17)16-14(4,5)12(15)13(8,2)3/h6,12,16-18H,15H2,1-5H3/t12-/m0/s1. The van der Waals surface area contributed by atoms with Crippen molar-refractivity contribution in [1.29, 1.82) is 0 Å². The summed E-state index contributed by atoms with van der Waals surface area (Å²) in [5.74, 6) is -0.152. The van der Waals surface area contributed by atoms with Gasteiger partial charge in [0.05, 0.1) is 5.69 Å². The molecule has 1 aromatic carbocycles. The van der Waals surface area contributed by atoms with Crippen molar-refractivity contribution >= 4 is 5.69 Å². The molecule has 1 heterocycles. The van der Waals surface area contributed by atoms with E-state index in [0.717, 1.165) is 5.56 Å². The van der Waals surface area contributed by atoms with Crippen molar-refractivity contribution in [2.45, 2.75) is 51.6 Å². The summed E-state index contributed by atoms with van der Waals surface area (Å²) in [6.07, 6.45) is 0. The molecule has 1 atom stereocenters. The van der Waals surface area contributed by atoms with Crippen molar-refractivity contribution in [1.82, 2.24) is 0 Å². The SMILES string of the molecule is Cc1cc2c(c(O)c1O)NC(C)(C)[C@@H](N)C2(C)C. The molecule has 18 heavy (non-hydrogen) atoms. The molecule has 1 aliphatic rings. The first-order valence-corrected chi connectivity index (χ1v) is 6.19. The molecule has 100 valence electrons. The summed E-state index contributed by atoms with van der Waals surface area (Å²) in [4.78, 5) is 0. The highest BCUT2D eigenvalue weighted by molar-refractivity contribution is 5.73. The van der Waals surface area contributed by atoms with Crippen LogP contribution in [0, 0.1) is 6.92 Å². The zero-order valence-electron chi connectivity index (χ0n) is 11.6. The molecular weight excluding hydrogens is 228 g/mol. The van der Waals surface area contributed by atoms with E-state index in [-0.39, 0.29) is 28.5 Å². The molecule has 0 spiro atoms. The first kappa shape index (κ1) is 13.0. The lowest BCUT2D eigenvalue weighted by atomic mass is 9.67. The van der Waals surface area contributed by atoms with Crippen LogP contribution in [0.25, 0.3) is 0 Å². The number of hydrogen-bond acceptors (Lipinski definition) is 4. The lowest BCUT2D eigenvalue weighted by Gasteiger charge is -2.49. The Morgan fingerprint density at radius 1 is 1.17 bits per heavy atom. The number of phenols is 2. The van der Waals surface area contributed by atoms with Crippen LogP contribution in [0.2, 0.25) is 0 Å². The lowest BCUT2D eigenvalue weighted by molar-refractivity contribution is 0.287. The van der Waals surface area contributed by atoms with Gasteiger partial charge in [0, 0.05) is 17.0 Å². The van der Waals surface area contributed by atoms with Gasteiger partial charge in [0.25, 0.3) is 0 Å². The molecule has 0 aliphatic carbocycles. The van der Waals surface area contributed by atoms with Gasteiger partial charge in [-0.2, -0.15) is 0 Å².